The lowest BCUT2D eigenvalue weighted by Gasteiger charge is -2.40. The first kappa shape index (κ1) is 15.7. The maximum Gasteiger partial charge on any atom is 0.152 e. The number of benzene rings is 1. The molecular formula is C16H29N3Si. The molecule has 0 aromatic heterocycles. The van der Waals surface area contributed by atoms with E-state index in [-0.39, 0.29) is 5.54 Å². The minimum Gasteiger partial charge on any atom is -0.327 e. The van der Waals surface area contributed by atoms with Crippen LogP contribution in [0, 0.1) is 0 Å². The molecule has 1 aromatic rings. The Hall–Kier alpha value is -0.683. The zero-order valence-corrected chi connectivity index (χ0v) is 14.6. The number of rotatable bonds is 3. The van der Waals surface area contributed by atoms with E-state index < -0.39 is 8.24 Å². The third kappa shape index (κ3) is 3.91. The number of hydrogen-bond donors (Lipinski definition) is 1. The van der Waals surface area contributed by atoms with E-state index in [1.165, 1.54) is 5.19 Å². The highest BCUT2D eigenvalue weighted by molar-refractivity contribution is 6.87. The number of hydrogen-bond acceptors (Lipinski definition) is 3. The van der Waals surface area contributed by atoms with Crippen molar-refractivity contribution in [3.05, 3.63) is 30.3 Å². The Labute approximate surface area is 125 Å². The molecule has 1 aromatic carbocycles. The smallest absolute Gasteiger partial charge is 0.152 e. The molecule has 1 aliphatic heterocycles. The number of nitrogens with one attached hydrogen (secondary N) is 1. The molecule has 3 nitrogen and oxygen atoms in total. The van der Waals surface area contributed by atoms with Crippen LogP contribution >= 0.6 is 0 Å². The molecule has 0 saturated carbocycles. The van der Waals surface area contributed by atoms with Gasteiger partial charge in [-0.1, -0.05) is 43.4 Å². The van der Waals surface area contributed by atoms with Gasteiger partial charge in [-0.15, -0.1) is 0 Å². The van der Waals surface area contributed by atoms with Crippen molar-refractivity contribution < 1.29 is 0 Å². The zero-order chi connectivity index (χ0) is 14.8. The SMILES string of the molecule is CN1CCN(C)CC(C)(N[Si](C)(C)c2ccccc2)C1. The van der Waals surface area contributed by atoms with Crippen LogP contribution < -0.4 is 10.2 Å². The molecule has 1 aliphatic rings. The number of nitrogens with zero attached hydrogens (tertiary/aromatic N) is 2. The van der Waals surface area contributed by atoms with Crippen LogP contribution in [-0.2, 0) is 0 Å². The van der Waals surface area contributed by atoms with Gasteiger partial charge in [-0.3, -0.25) is 0 Å². The summed E-state index contributed by atoms with van der Waals surface area (Å²) >= 11 is 0. The largest absolute Gasteiger partial charge is 0.327 e. The van der Waals surface area contributed by atoms with Gasteiger partial charge < -0.3 is 14.8 Å². The fourth-order valence-electron chi connectivity index (χ4n) is 3.50. The van der Waals surface area contributed by atoms with Gasteiger partial charge >= 0.3 is 0 Å². The maximum atomic E-state index is 4.04. The Balaban J connectivity index is 2.17. The van der Waals surface area contributed by atoms with Crippen molar-refractivity contribution in [2.24, 2.45) is 0 Å². The molecule has 1 N–H and O–H groups in total. The average Bonchev–Trinajstić information content (AvgIpc) is 2.48. The molecule has 2 rings (SSSR count). The van der Waals surface area contributed by atoms with E-state index >= 15 is 0 Å². The van der Waals surface area contributed by atoms with Crippen LogP contribution in [0.15, 0.2) is 30.3 Å². The highest BCUT2D eigenvalue weighted by atomic mass is 28.3. The maximum absolute atomic E-state index is 4.04. The van der Waals surface area contributed by atoms with Crippen LogP contribution in [0.5, 0.6) is 0 Å². The second-order valence-corrected chi connectivity index (χ2v) is 11.2. The van der Waals surface area contributed by atoms with E-state index in [9.17, 15) is 0 Å². The molecule has 1 saturated heterocycles. The first-order valence-corrected chi connectivity index (χ1v) is 10.5. The lowest BCUT2D eigenvalue weighted by atomic mass is 10.0. The lowest BCUT2D eigenvalue weighted by Crippen LogP contribution is -2.68. The summed E-state index contributed by atoms with van der Waals surface area (Å²) in [7, 11) is 2.84. The van der Waals surface area contributed by atoms with Crippen LogP contribution in [0.2, 0.25) is 13.1 Å². The summed E-state index contributed by atoms with van der Waals surface area (Å²) in [6, 6.07) is 10.9. The summed E-state index contributed by atoms with van der Waals surface area (Å²) in [5.41, 5.74) is 0.158. The summed E-state index contributed by atoms with van der Waals surface area (Å²) in [5.74, 6) is 0. The fraction of sp³-hybridized carbons (Fsp3) is 0.625. The van der Waals surface area contributed by atoms with Gasteiger partial charge in [0.25, 0.3) is 0 Å². The molecule has 112 valence electrons. The molecule has 0 unspecified atom stereocenters. The molecule has 20 heavy (non-hydrogen) atoms. The Kier molecular flexibility index (Phi) is 4.69. The standard InChI is InChI=1S/C16H29N3Si/c1-16(13-18(2)11-12-19(3)14-16)17-20(4,5)15-9-7-6-8-10-15/h6-10,17H,11-14H2,1-5H3. The summed E-state index contributed by atoms with van der Waals surface area (Å²) < 4.78 is 0. The van der Waals surface area contributed by atoms with Gasteiger partial charge in [0, 0.05) is 31.7 Å². The Bertz CT molecular complexity index is 421. The summed E-state index contributed by atoms with van der Waals surface area (Å²) in [4.78, 5) is 8.94. The molecule has 0 radical (unpaired) electrons. The monoisotopic (exact) mass is 291 g/mol. The van der Waals surface area contributed by atoms with Gasteiger partial charge in [-0.25, -0.2) is 0 Å². The third-order valence-electron chi connectivity index (χ3n) is 4.21. The van der Waals surface area contributed by atoms with Crippen molar-refractivity contribution in [3.63, 3.8) is 0 Å². The average molecular weight is 292 g/mol. The quantitative estimate of drug-likeness (QED) is 0.848. The molecule has 1 fully saturated rings. The Morgan fingerprint density at radius 2 is 1.50 bits per heavy atom. The first-order chi connectivity index (χ1) is 9.31. The summed E-state index contributed by atoms with van der Waals surface area (Å²) in [6.07, 6.45) is 0. The van der Waals surface area contributed by atoms with Crippen LogP contribution in [-0.4, -0.2) is 63.8 Å². The molecular weight excluding hydrogens is 262 g/mol. The predicted molar refractivity (Wildman–Crippen MR) is 90.1 cm³/mol. The van der Waals surface area contributed by atoms with Crippen molar-refractivity contribution in [2.75, 3.05) is 40.3 Å². The van der Waals surface area contributed by atoms with Crippen LogP contribution in [0.1, 0.15) is 6.92 Å². The van der Waals surface area contributed by atoms with Crippen LogP contribution in [0.3, 0.4) is 0 Å². The van der Waals surface area contributed by atoms with Crippen molar-refractivity contribution >= 4 is 13.4 Å². The van der Waals surface area contributed by atoms with Gasteiger partial charge in [0.2, 0.25) is 0 Å². The van der Waals surface area contributed by atoms with E-state index in [4.69, 9.17) is 0 Å². The molecule has 0 spiro atoms. The van der Waals surface area contributed by atoms with Crippen molar-refractivity contribution in [1.82, 2.24) is 14.8 Å². The second-order valence-electron chi connectivity index (χ2n) is 7.15. The molecule has 1 heterocycles. The molecule has 0 bridgehead atoms. The zero-order valence-electron chi connectivity index (χ0n) is 13.6. The molecule has 0 aliphatic carbocycles. The van der Waals surface area contributed by atoms with Gasteiger partial charge in [0.1, 0.15) is 0 Å². The van der Waals surface area contributed by atoms with E-state index in [0.29, 0.717) is 0 Å². The van der Waals surface area contributed by atoms with Crippen molar-refractivity contribution in [1.29, 1.82) is 0 Å². The Morgan fingerprint density at radius 1 is 1.00 bits per heavy atom. The van der Waals surface area contributed by atoms with Crippen LogP contribution in [0.4, 0.5) is 0 Å². The summed E-state index contributed by atoms with van der Waals surface area (Å²) in [6.45, 7) is 11.7. The van der Waals surface area contributed by atoms with E-state index in [1.807, 2.05) is 0 Å². The highest BCUT2D eigenvalue weighted by Crippen LogP contribution is 2.15. The number of likely N-dealkylation sites (N-methyl/N-ethyl adjacent to an activating group) is 2. The fourth-order valence-corrected chi connectivity index (χ4v) is 6.34. The van der Waals surface area contributed by atoms with E-state index in [0.717, 1.165) is 26.2 Å². The van der Waals surface area contributed by atoms with Gasteiger partial charge in [-0.2, -0.15) is 0 Å². The minimum atomic E-state index is -1.62. The van der Waals surface area contributed by atoms with Gasteiger partial charge in [0.05, 0.1) is 0 Å². The van der Waals surface area contributed by atoms with E-state index in [1.54, 1.807) is 0 Å². The molecule has 0 amide bonds. The minimum absolute atomic E-state index is 0.158. The predicted octanol–water partition coefficient (Wildman–Crippen LogP) is 1.32. The third-order valence-corrected chi connectivity index (χ3v) is 7.22. The van der Waals surface area contributed by atoms with Crippen LogP contribution in [0.25, 0.3) is 0 Å². The van der Waals surface area contributed by atoms with Gasteiger partial charge in [-0.05, 0) is 26.2 Å². The highest BCUT2D eigenvalue weighted by Gasteiger charge is 2.36. The van der Waals surface area contributed by atoms with Crippen molar-refractivity contribution in [2.45, 2.75) is 25.6 Å². The Morgan fingerprint density at radius 3 is 2.00 bits per heavy atom. The molecule has 0 atom stereocenters. The van der Waals surface area contributed by atoms with Gasteiger partial charge in [0.15, 0.2) is 8.24 Å². The lowest BCUT2D eigenvalue weighted by molar-refractivity contribution is 0.255. The summed E-state index contributed by atoms with van der Waals surface area (Å²) in [5, 5.41) is 1.48. The second kappa shape index (κ2) is 5.98. The normalized spacial score (nSPS) is 21.6. The topological polar surface area (TPSA) is 18.5 Å². The van der Waals surface area contributed by atoms with Crippen molar-refractivity contribution in [3.8, 4) is 0 Å². The first-order valence-electron chi connectivity index (χ1n) is 7.53. The molecule has 4 heteroatoms. The van der Waals surface area contributed by atoms with E-state index in [2.05, 4.69) is 79.2 Å².